The van der Waals surface area contributed by atoms with Crippen molar-refractivity contribution in [3.63, 3.8) is 0 Å². The van der Waals surface area contributed by atoms with Gasteiger partial charge in [-0.05, 0) is 44.4 Å². The Hall–Kier alpha value is -0.830. The van der Waals surface area contributed by atoms with E-state index < -0.39 is 0 Å². The fourth-order valence-corrected chi connectivity index (χ4v) is 2.88. The average Bonchev–Trinajstić information content (AvgIpc) is 2.57. The summed E-state index contributed by atoms with van der Waals surface area (Å²) in [4.78, 5) is 10.6. The monoisotopic (exact) mass is 339 g/mol. The Morgan fingerprint density at radius 3 is 1.79 bits per heavy atom. The molecule has 0 aromatic rings. The van der Waals surface area contributed by atoms with Crippen LogP contribution in [0.5, 0.6) is 0 Å². The van der Waals surface area contributed by atoms with Gasteiger partial charge in [-0.15, -0.1) is 0 Å². The normalized spacial score (nSPS) is 12.8. The third-order valence-electron chi connectivity index (χ3n) is 4.59. The van der Waals surface area contributed by atoms with Crippen LogP contribution in [0.25, 0.3) is 0 Å². The molecule has 0 bridgehead atoms. The maximum Gasteiger partial charge on any atom is 0.217 e. The molecule has 1 unspecified atom stereocenters. The molecule has 0 fully saturated rings. The van der Waals surface area contributed by atoms with Gasteiger partial charge in [0, 0.05) is 13.0 Å². The molecule has 0 heterocycles. The molecule has 0 saturated heterocycles. The number of amides is 1. The van der Waals surface area contributed by atoms with Gasteiger partial charge >= 0.3 is 0 Å². The molecule has 142 valence electrons. The first-order chi connectivity index (χ1) is 11.7. The van der Waals surface area contributed by atoms with Crippen LogP contribution < -0.4 is 5.73 Å². The predicted octanol–water partition coefficient (Wildman–Crippen LogP) is 5.51. The van der Waals surface area contributed by atoms with E-state index in [0.29, 0.717) is 18.9 Å². The number of primary amides is 1. The summed E-state index contributed by atoms with van der Waals surface area (Å²) in [5.41, 5.74) is 5.11. The lowest BCUT2D eigenvalue weighted by atomic mass is 10.0. The summed E-state index contributed by atoms with van der Waals surface area (Å²) in [7, 11) is 0. The first kappa shape index (κ1) is 23.2. The van der Waals surface area contributed by atoms with Crippen molar-refractivity contribution in [2.75, 3.05) is 6.61 Å². The van der Waals surface area contributed by atoms with Crippen LogP contribution in [-0.4, -0.2) is 17.6 Å². The number of carbonyl (C=O) groups excluding carboxylic acids is 1. The van der Waals surface area contributed by atoms with Crippen molar-refractivity contribution >= 4 is 5.91 Å². The van der Waals surface area contributed by atoms with Crippen LogP contribution in [0.3, 0.4) is 0 Å². The number of rotatable bonds is 18. The van der Waals surface area contributed by atoms with Gasteiger partial charge in [0.2, 0.25) is 5.91 Å². The van der Waals surface area contributed by atoms with Crippen LogP contribution in [-0.2, 0) is 4.79 Å². The van der Waals surface area contributed by atoms with Crippen LogP contribution in [0.2, 0.25) is 0 Å². The number of hydrogen-bond acceptors (Lipinski definition) is 2. The lowest BCUT2D eigenvalue weighted by molar-refractivity contribution is -0.118. The van der Waals surface area contributed by atoms with Crippen molar-refractivity contribution in [1.29, 1.82) is 0 Å². The summed E-state index contributed by atoms with van der Waals surface area (Å²) >= 11 is 0. The first-order valence-electron chi connectivity index (χ1n) is 10.2. The van der Waals surface area contributed by atoms with E-state index in [0.717, 1.165) is 12.8 Å². The van der Waals surface area contributed by atoms with Crippen LogP contribution in [0.4, 0.5) is 0 Å². The van der Waals surface area contributed by atoms with E-state index in [2.05, 4.69) is 19.1 Å². The Kier molecular flexibility index (Phi) is 17.9. The largest absolute Gasteiger partial charge is 0.396 e. The Morgan fingerprint density at radius 2 is 1.29 bits per heavy atom. The Labute approximate surface area is 150 Å². The summed E-state index contributed by atoms with van der Waals surface area (Å²) in [6.45, 7) is 2.46. The van der Waals surface area contributed by atoms with E-state index in [1.165, 1.54) is 77.0 Å². The zero-order valence-corrected chi connectivity index (χ0v) is 16.0. The maximum atomic E-state index is 10.6. The van der Waals surface area contributed by atoms with E-state index in [-0.39, 0.29) is 5.91 Å². The molecule has 0 saturated carbocycles. The van der Waals surface area contributed by atoms with Gasteiger partial charge in [0.25, 0.3) is 0 Å². The van der Waals surface area contributed by atoms with Crippen molar-refractivity contribution in [3.05, 3.63) is 12.2 Å². The smallest absolute Gasteiger partial charge is 0.217 e. The number of carbonyl (C=O) groups is 1. The molecule has 0 aliphatic carbocycles. The molecule has 3 nitrogen and oxygen atoms in total. The summed E-state index contributed by atoms with van der Waals surface area (Å²) < 4.78 is 0. The van der Waals surface area contributed by atoms with Gasteiger partial charge in [0.05, 0.1) is 0 Å². The summed E-state index contributed by atoms with van der Waals surface area (Å²) in [6, 6.07) is 0. The quantitative estimate of drug-likeness (QED) is 0.255. The van der Waals surface area contributed by atoms with Crippen LogP contribution in [0.1, 0.15) is 103 Å². The third kappa shape index (κ3) is 19.2. The van der Waals surface area contributed by atoms with Crippen molar-refractivity contribution in [2.45, 2.75) is 103 Å². The minimum absolute atomic E-state index is 0.172. The molecular formula is C21H41NO2. The van der Waals surface area contributed by atoms with Gasteiger partial charge in [-0.25, -0.2) is 0 Å². The summed E-state index contributed by atoms with van der Waals surface area (Å²) in [5, 5.41) is 8.96. The second-order valence-electron chi connectivity index (χ2n) is 7.23. The lowest BCUT2D eigenvalue weighted by Gasteiger charge is -2.06. The minimum atomic E-state index is -0.172. The Morgan fingerprint density at radius 1 is 0.833 bits per heavy atom. The molecule has 0 aromatic carbocycles. The van der Waals surface area contributed by atoms with Gasteiger partial charge in [-0.3, -0.25) is 4.79 Å². The topological polar surface area (TPSA) is 63.3 Å². The van der Waals surface area contributed by atoms with Gasteiger partial charge in [-0.1, -0.05) is 70.4 Å². The molecule has 0 aromatic heterocycles. The summed E-state index contributed by atoms with van der Waals surface area (Å²) in [6.07, 6.45) is 22.6. The second kappa shape index (κ2) is 18.5. The van der Waals surface area contributed by atoms with E-state index >= 15 is 0 Å². The fraction of sp³-hybridized carbons (Fsp3) is 0.857. The van der Waals surface area contributed by atoms with E-state index in [1.54, 1.807) is 0 Å². The van der Waals surface area contributed by atoms with Crippen molar-refractivity contribution in [3.8, 4) is 0 Å². The Bertz CT molecular complexity index is 302. The molecule has 1 amide bonds. The molecular weight excluding hydrogens is 298 g/mol. The molecule has 0 radical (unpaired) electrons. The van der Waals surface area contributed by atoms with Crippen LogP contribution in [0, 0.1) is 5.92 Å². The van der Waals surface area contributed by atoms with Crippen molar-refractivity contribution in [1.82, 2.24) is 0 Å². The van der Waals surface area contributed by atoms with Crippen molar-refractivity contribution in [2.24, 2.45) is 11.7 Å². The second-order valence-corrected chi connectivity index (χ2v) is 7.23. The predicted molar refractivity (Wildman–Crippen MR) is 104 cm³/mol. The molecule has 0 spiro atoms. The molecule has 0 rings (SSSR count). The van der Waals surface area contributed by atoms with Crippen LogP contribution in [0.15, 0.2) is 12.2 Å². The maximum absolute atomic E-state index is 10.6. The highest BCUT2D eigenvalue weighted by molar-refractivity contribution is 5.73. The highest BCUT2D eigenvalue weighted by Crippen LogP contribution is 2.12. The number of unbranched alkanes of at least 4 members (excludes halogenated alkanes) is 11. The molecule has 0 aliphatic heterocycles. The van der Waals surface area contributed by atoms with Crippen LogP contribution >= 0.6 is 0 Å². The highest BCUT2D eigenvalue weighted by Gasteiger charge is 1.99. The average molecular weight is 340 g/mol. The van der Waals surface area contributed by atoms with Gasteiger partial charge in [0.1, 0.15) is 0 Å². The van der Waals surface area contributed by atoms with Gasteiger partial charge < -0.3 is 10.8 Å². The number of aliphatic hydroxyl groups excluding tert-OH is 1. The molecule has 24 heavy (non-hydrogen) atoms. The van der Waals surface area contributed by atoms with E-state index in [9.17, 15) is 4.79 Å². The number of allylic oxidation sites excluding steroid dienone is 2. The first-order valence-corrected chi connectivity index (χ1v) is 10.2. The van der Waals surface area contributed by atoms with E-state index in [4.69, 9.17) is 10.8 Å². The van der Waals surface area contributed by atoms with Gasteiger partial charge in [0.15, 0.2) is 0 Å². The molecule has 3 N–H and O–H groups in total. The van der Waals surface area contributed by atoms with Crippen molar-refractivity contribution < 1.29 is 9.90 Å². The summed E-state index contributed by atoms with van der Waals surface area (Å²) in [5.74, 6) is 0.305. The fourth-order valence-electron chi connectivity index (χ4n) is 2.88. The standard InChI is InChI=1S/C21H41NO2/c1-20(19-23)17-15-13-11-9-7-5-3-2-4-6-8-10-12-14-16-18-21(22)24/h2,4,20,23H,3,5-19H2,1H3,(H2,22,24)/b4-2-. The molecule has 1 atom stereocenters. The SMILES string of the molecule is CC(CO)CCCCCCCC/C=C\CCCCCCCC(N)=O. The highest BCUT2D eigenvalue weighted by atomic mass is 16.3. The number of nitrogens with two attached hydrogens (primary N) is 1. The molecule has 0 aliphatic rings. The number of aliphatic hydroxyl groups is 1. The van der Waals surface area contributed by atoms with Gasteiger partial charge in [-0.2, -0.15) is 0 Å². The Balaban J connectivity index is 3.12. The lowest BCUT2D eigenvalue weighted by Crippen LogP contribution is -2.09. The third-order valence-corrected chi connectivity index (χ3v) is 4.59. The van der Waals surface area contributed by atoms with E-state index in [1.807, 2.05) is 0 Å². The minimum Gasteiger partial charge on any atom is -0.396 e. The number of hydrogen-bond donors (Lipinski definition) is 2. The zero-order valence-electron chi connectivity index (χ0n) is 16.0. The zero-order chi connectivity index (χ0) is 17.9. The molecule has 3 heteroatoms.